The van der Waals surface area contributed by atoms with Crippen molar-refractivity contribution in [2.45, 2.75) is 6.42 Å². The van der Waals surface area contributed by atoms with Crippen LogP contribution in [0.1, 0.15) is 5.56 Å². The Morgan fingerprint density at radius 2 is 2.05 bits per heavy atom. The van der Waals surface area contributed by atoms with E-state index in [1.54, 1.807) is 18.2 Å². The second-order valence-electron chi connectivity index (χ2n) is 4.28. The molecule has 0 bridgehead atoms. The molecule has 0 unspecified atom stereocenters. The van der Waals surface area contributed by atoms with Crippen LogP contribution in [0.3, 0.4) is 0 Å². The molecule has 0 spiro atoms. The van der Waals surface area contributed by atoms with Gasteiger partial charge in [0.05, 0.1) is 22.9 Å². The van der Waals surface area contributed by atoms with Crippen molar-refractivity contribution in [1.82, 2.24) is 5.16 Å². The summed E-state index contributed by atoms with van der Waals surface area (Å²) in [4.78, 5) is 0. The fourth-order valence-corrected chi connectivity index (χ4v) is 2.61. The Kier molecular flexibility index (Phi) is 3.35. The maximum absolute atomic E-state index is 8.83. The average Bonchev–Trinajstić information content (AvgIpc) is 2.84. The van der Waals surface area contributed by atoms with Crippen LogP contribution >= 0.6 is 23.2 Å². The number of aromatic nitrogens is 1. The van der Waals surface area contributed by atoms with Crippen LogP contribution in [-0.4, -0.2) is 5.16 Å². The molecule has 2 aromatic carbocycles. The molecule has 3 aromatic rings. The molecular weight excluding hydrogens is 295 g/mol. The van der Waals surface area contributed by atoms with E-state index in [-0.39, 0.29) is 6.42 Å². The average molecular weight is 303 g/mol. The maximum Gasteiger partial charge on any atom is 0.176 e. The fourth-order valence-electron chi connectivity index (χ4n) is 2.12. The van der Waals surface area contributed by atoms with Gasteiger partial charge in [-0.15, -0.1) is 0 Å². The van der Waals surface area contributed by atoms with Gasteiger partial charge >= 0.3 is 0 Å². The Morgan fingerprint density at radius 1 is 1.20 bits per heavy atom. The SMILES string of the molecule is N#CCc1cccc2c(-c3ccc(Cl)cc3Cl)onc12. The molecule has 0 aliphatic rings. The van der Waals surface area contributed by atoms with E-state index in [2.05, 4.69) is 11.2 Å². The van der Waals surface area contributed by atoms with E-state index in [1.165, 1.54) is 0 Å². The molecule has 5 heteroatoms. The summed E-state index contributed by atoms with van der Waals surface area (Å²) in [7, 11) is 0. The van der Waals surface area contributed by atoms with Crippen LogP contribution in [-0.2, 0) is 6.42 Å². The van der Waals surface area contributed by atoms with Crippen molar-refractivity contribution in [1.29, 1.82) is 5.26 Å². The first-order valence-corrected chi connectivity index (χ1v) is 6.66. The quantitative estimate of drug-likeness (QED) is 0.678. The number of hydrogen-bond acceptors (Lipinski definition) is 3. The van der Waals surface area contributed by atoms with Crippen molar-refractivity contribution in [2.75, 3.05) is 0 Å². The van der Waals surface area contributed by atoms with Crippen molar-refractivity contribution >= 4 is 34.1 Å². The fraction of sp³-hybridized carbons (Fsp3) is 0.0667. The molecule has 0 saturated carbocycles. The first-order valence-electron chi connectivity index (χ1n) is 5.90. The highest BCUT2D eigenvalue weighted by atomic mass is 35.5. The molecule has 3 nitrogen and oxygen atoms in total. The van der Waals surface area contributed by atoms with E-state index in [4.69, 9.17) is 33.0 Å². The van der Waals surface area contributed by atoms with Crippen LogP contribution in [0.25, 0.3) is 22.2 Å². The maximum atomic E-state index is 8.83. The van der Waals surface area contributed by atoms with Crippen LogP contribution in [0.5, 0.6) is 0 Å². The molecule has 0 aliphatic heterocycles. The normalized spacial score (nSPS) is 10.7. The third-order valence-corrected chi connectivity index (χ3v) is 3.59. The highest BCUT2D eigenvalue weighted by Gasteiger charge is 2.15. The van der Waals surface area contributed by atoms with Gasteiger partial charge in [0, 0.05) is 10.6 Å². The summed E-state index contributed by atoms with van der Waals surface area (Å²) >= 11 is 12.1. The van der Waals surface area contributed by atoms with Gasteiger partial charge in [-0.25, -0.2) is 0 Å². The summed E-state index contributed by atoms with van der Waals surface area (Å²) < 4.78 is 5.42. The first kappa shape index (κ1) is 13.0. The minimum Gasteiger partial charge on any atom is -0.355 e. The van der Waals surface area contributed by atoms with E-state index >= 15 is 0 Å². The van der Waals surface area contributed by atoms with Crippen molar-refractivity contribution in [3.05, 3.63) is 52.0 Å². The largest absolute Gasteiger partial charge is 0.355 e. The van der Waals surface area contributed by atoms with Gasteiger partial charge in [0.1, 0.15) is 5.52 Å². The van der Waals surface area contributed by atoms with Crippen LogP contribution < -0.4 is 0 Å². The van der Waals surface area contributed by atoms with Gasteiger partial charge in [0.25, 0.3) is 0 Å². The highest BCUT2D eigenvalue weighted by molar-refractivity contribution is 6.36. The molecule has 0 aliphatic carbocycles. The number of fused-ring (bicyclic) bond motifs is 1. The summed E-state index contributed by atoms with van der Waals surface area (Å²) in [5, 5.41) is 14.8. The van der Waals surface area contributed by atoms with E-state index in [0.29, 0.717) is 21.3 Å². The lowest BCUT2D eigenvalue weighted by atomic mass is 10.0. The van der Waals surface area contributed by atoms with Crippen molar-refractivity contribution in [3.63, 3.8) is 0 Å². The highest BCUT2D eigenvalue weighted by Crippen LogP contribution is 2.35. The monoisotopic (exact) mass is 302 g/mol. The molecule has 0 radical (unpaired) electrons. The molecule has 0 saturated heterocycles. The molecule has 3 rings (SSSR count). The minimum absolute atomic E-state index is 0.289. The zero-order valence-corrected chi connectivity index (χ0v) is 11.7. The van der Waals surface area contributed by atoms with Crippen molar-refractivity contribution < 1.29 is 4.52 Å². The number of rotatable bonds is 2. The second-order valence-corrected chi connectivity index (χ2v) is 5.13. The molecule has 1 aromatic heterocycles. The van der Waals surface area contributed by atoms with Gasteiger partial charge in [0.15, 0.2) is 5.76 Å². The van der Waals surface area contributed by atoms with Gasteiger partial charge in [-0.2, -0.15) is 5.26 Å². The summed E-state index contributed by atoms with van der Waals surface area (Å²) in [5.74, 6) is 0.585. The summed E-state index contributed by atoms with van der Waals surface area (Å²) in [5.41, 5.74) is 2.26. The number of halogens is 2. The van der Waals surface area contributed by atoms with Gasteiger partial charge in [-0.1, -0.05) is 40.5 Å². The van der Waals surface area contributed by atoms with Crippen LogP contribution in [0.4, 0.5) is 0 Å². The third kappa shape index (κ3) is 2.14. The minimum atomic E-state index is 0.289. The Bertz CT molecular complexity index is 833. The molecule has 0 N–H and O–H groups in total. The Morgan fingerprint density at radius 3 is 2.80 bits per heavy atom. The van der Waals surface area contributed by atoms with Crippen LogP contribution in [0, 0.1) is 11.3 Å². The van der Waals surface area contributed by atoms with E-state index in [9.17, 15) is 0 Å². The lowest BCUT2D eigenvalue weighted by Gasteiger charge is -2.01. The topological polar surface area (TPSA) is 49.8 Å². The number of hydrogen-bond donors (Lipinski definition) is 0. The van der Waals surface area contributed by atoms with E-state index in [0.717, 1.165) is 16.5 Å². The van der Waals surface area contributed by atoms with E-state index in [1.807, 2.05) is 18.2 Å². The molecule has 1 heterocycles. The Hall–Kier alpha value is -2.02. The molecule has 20 heavy (non-hydrogen) atoms. The van der Waals surface area contributed by atoms with Crippen molar-refractivity contribution in [3.8, 4) is 17.4 Å². The Balaban J connectivity index is 2.23. The molecule has 0 fully saturated rings. The first-order chi connectivity index (χ1) is 9.70. The van der Waals surface area contributed by atoms with Crippen molar-refractivity contribution in [2.24, 2.45) is 0 Å². The zero-order chi connectivity index (χ0) is 14.1. The van der Waals surface area contributed by atoms with Crippen LogP contribution in [0.15, 0.2) is 40.9 Å². The number of benzene rings is 2. The molecule has 0 atom stereocenters. The smallest absolute Gasteiger partial charge is 0.176 e. The predicted molar refractivity (Wildman–Crippen MR) is 78.8 cm³/mol. The standard InChI is InChI=1S/C15H8Cl2N2O/c16-10-4-5-11(13(17)8-10)15-12-3-1-2-9(6-7-18)14(12)19-20-15/h1-5,8H,6H2. The summed E-state index contributed by atoms with van der Waals surface area (Å²) in [6.07, 6.45) is 0.289. The molecule has 0 amide bonds. The van der Waals surface area contributed by atoms with Gasteiger partial charge in [-0.3, -0.25) is 0 Å². The van der Waals surface area contributed by atoms with Crippen LogP contribution in [0.2, 0.25) is 10.0 Å². The van der Waals surface area contributed by atoms with E-state index < -0.39 is 0 Å². The Labute approximate surface area is 125 Å². The summed E-state index contributed by atoms with van der Waals surface area (Å²) in [6, 6.07) is 12.9. The van der Waals surface area contributed by atoms with Gasteiger partial charge in [0.2, 0.25) is 0 Å². The number of nitriles is 1. The van der Waals surface area contributed by atoms with Gasteiger partial charge in [-0.05, 0) is 29.8 Å². The third-order valence-electron chi connectivity index (χ3n) is 3.04. The molecule has 98 valence electrons. The zero-order valence-electron chi connectivity index (χ0n) is 10.2. The lowest BCUT2D eigenvalue weighted by Crippen LogP contribution is -1.83. The second kappa shape index (κ2) is 5.16. The number of nitrogens with zero attached hydrogens (tertiary/aromatic N) is 2. The molecular formula is C15H8Cl2N2O. The lowest BCUT2D eigenvalue weighted by molar-refractivity contribution is 0.440. The van der Waals surface area contributed by atoms with Gasteiger partial charge < -0.3 is 4.52 Å². The summed E-state index contributed by atoms with van der Waals surface area (Å²) in [6.45, 7) is 0. The predicted octanol–water partition coefficient (Wildman–Crippen LogP) is 4.87.